The lowest BCUT2D eigenvalue weighted by Gasteiger charge is -2.16. The molecule has 0 bridgehead atoms. The van der Waals surface area contributed by atoms with Crippen LogP contribution < -0.4 is 5.32 Å². The number of hydrogen-bond acceptors (Lipinski definition) is 5. The number of benzene rings is 1. The van der Waals surface area contributed by atoms with E-state index in [1.165, 1.54) is 19.2 Å². The Kier molecular flexibility index (Phi) is 5.14. The van der Waals surface area contributed by atoms with E-state index in [2.05, 4.69) is 5.32 Å². The lowest BCUT2D eigenvalue weighted by molar-refractivity contribution is -0.383. The summed E-state index contributed by atoms with van der Waals surface area (Å²) in [5, 5.41) is 22.8. The minimum absolute atomic E-state index is 0.0501. The van der Waals surface area contributed by atoms with E-state index in [-0.39, 0.29) is 29.6 Å². The topological polar surface area (TPSA) is 84.6 Å². The Balaban J connectivity index is 2.97. The fourth-order valence-corrected chi connectivity index (χ4v) is 1.62. The van der Waals surface area contributed by atoms with Gasteiger partial charge in [-0.15, -0.1) is 0 Å². The number of aliphatic hydroxyl groups is 1. The van der Waals surface area contributed by atoms with Crippen LogP contribution in [0.4, 0.5) is 11.4 Å². The third kappa shape index (κ3) is 3.55. The first-order valence-electron chi connectivity index (χ1n) is 4.89. The minimum atomic E-state index is -0.564. The number of rotatable bonds is 6. The van der Waals surface area contributed by atoms with Gasteiger partial charge in [0, 0.05) is 7.11 Å². The fraction of sp³-hybridized carbons (Fsp3) is 0.400. The van der Waals surface area contributed by atoms with E-state index < -0.39 is 11.0 Å². The SMILES string of the molecule is COCC(CO)Nc1cccc(Cl)c1[N+](=O)[O-]. The Morgan fingerprint density at radius 3 is 2.88 bits per heavy atom. The maximum Gasteiger partial charge on any atom is 0.310 e. The van der Waals surface area contributed by atoms with Crippen molar-refractivity contribution >= 4 is 23.0 Å². The molecule has 0 heterocycles. The molecule has 1 aromatic carbocycles. The highest BCUT2D eigenvalue weighted by Gasteiger charge is 2.20. The first-order chi connectivity index (χ1) is 8.10. The maximum absolute atomic E-state index is 10.9. The lowest BCUT2D eigenvalue weighted by Crippen LogP contribution is -2.29. The highest BCUT2D eigenvalue weighted by molar-refractivity contribution is 6.33. The van der Waals surface area contributed by atoms with Crippen molar-refractivity contribution in [3.05, 3.63) is 33.3 Å². The van der Waals surface area contributed by atoms with Crippen LogP contribution in [0, 0.1) is 10.1 Å². The number of methoxy groups -OCH3 is 1. The van der Waals surface area contributed by atoms with E-state index in [1.807, 2.05) is 0 Å². The van der Waals surface area contributed by atoms with Gasteiger partial charge >= 0.3 is 5.69 Å². The molecule has 0 spiro atoms. The van der Waals surface area contributed by atoms with Crippen LogP contribution in [0.3, 0.4) is 0 Å². The van der Waals surface area contributed by atoms with E-state index >= 15 is 0 Å². The van der Waals surface area contributed by atoms with Crippen LogP contribution in [-0.2, 0) is 4.74 Å². The predicted octanol–water partition coefficient (Wildman–Crippen LogP) is 1.67. The van der Waals surface area contributed by atoms with Crippen molar-refractivity contribution in [1.82, 2.24) is 0 Å². The zero-order chi connectivity index (χ0) is 12.8. The van der Waals surface area contributed by atoms with Crippen molar-refractivity contribution in [1.29, 1.82) is 0 Å². The van der Waals surface area contributed by atoms with Gasteiger partial charge in [0.2, 0.25) is 0 Å². The van der Waals surface area contributed by atoms with Gasteiger partial charge in [-0.1, -0.05) is 17.7 Å². The molecule has 0 aliphatic rings. The molecule has 0 aliphatic carbocycles. The summed E-state index contributed by atoms with van der Waals surface area (Å²) in [5.41, 5.74) is 0.0577. The number of nitro groups is 1. The van der Waals surface area contributed by atoms with Gasteiger partial charge in [-0.3, -0.25) is 10.1 Å². The molecule has 2 N–H and O–H groups in total. The monoisotopic (exact) mass is 260 g/mol. The Morgan fingerprint density at radius 2 is 2.35 bits per heavy atom. The first-order valence-corrected chi connectivity index (χ1v) is 5.27. The molecule has 6 nitrogen and oxygen atoms in total. The third-order valence-electron chi connectivity index (χ3n) is 2.12. The molecule has 17 heavy (non-hydrogen) atoms. The van der Waals surface area contributed by atoms with Crippen LogP contribution in [0.2, 0.25) is 5.02 Å². The van der Waals surface area contributed by atoms with Crippen LogP contribution in [0.5, 0.6) is 0 Å². The lowest BCUT2D eigenvalue weighted by atomic mass is 10.2. The molecule has 1 unspecified atom stereocenters. The number of halogens is 1. The number of nitrogens with zero attached hydrogens (tertiary/aromatic N) is 1. The van der Waals surface area contributed by atoms with Gasteiger partial charge in [-0.25, -0.2) is 0 Å². The Bertz CT molecular complexity index is 400. The zero-order valence-electron chi connectivity index (χ0n) is 9.22. The van der Waals surface area contributed by atoms with E-state index in [1.54, 1.807) is 6.07 Å². The Labute approximate surface area is 103 Å². The molecule has 94 valence electrons. The summed E-state index contributed by atoms with van der Waals surface area (Å²) < 4.78 is 4.87. The Morgan fingerprint density at radius 1 is 1.65 bits per heavy atom. The smallest absolute Gasteiger partial charge is 0.310 e. The number of nitro benzene ring substituents is 1. The molecule has 0 saturated carbocycles. The van der Waals surface area contributed by atoms with Crippen molar-refractivity contribution in [2.75, 3.05) is 25.6 Å². The van der Waals surface area contributed by atoms with Gasteiger partial charge in [0.25, 0.3) is 0 Å². The first kappa shape index (κ1) is 13.7. The molecule has 1 aromatic rings. The molecule has 0 fully saturated rings. The summed E-state index contributed by atoms with van der Waals surface area (Å²) in [6, 6.07) is 4.15. The van der Waals surface area contributed by atoms with Gasteiger partial charge in [-0.2, -0.15) is 0 Å². The fourth-order valence-electron chi connectivity index (χ4n) is 1.38. The van der Waals surface area contributed by atoms with Gasteiger partial charge in [0.1, 0.15) is 10.7 Å². The summed E-state index contributed by atoms with van der Waals surface area (Å²) in [7, 11) is 1.48. The summed E-state index contributed by atoms with van der Waals surface area (Å²) in [5.74, 6) is 0. The molecule has 0 saturated heterocycles. The zero-order valence-corrected chi connectivity index (χ0v) is 9.98. The van der Waals surface area contributed by atoms with Crippen LogP contribution >= 0.6 is 11.6 Å². The predicted molar refractivity (Wildman–Crippen MR) is 64.5 cm³/mol. The molecule has 7 heteroatoms. The molecule has 0 radical (unpaired) electrons. The van der Waals surface area contributed by atoms with Crippen LogP contribution in [0.1, 0.15) is 0 Å². The van der Waals surface area contributed by atoms with E-state index in [0.29, 0.717) is 0 Å². The summed E-state index contributed by atoms with van der Waals surface area (Å²) in [6.45, 7) is 0.0394. The van der Waals surface area contributed by atoms with Crippen LogP contribution in [0.25, 0.3) is 0 Å². The number of hydrogen-bond donors (Lipinski definition) is 2. The number of aliphatic hydroxyl groups excluding tert-OH is 1. The van der Waals surface area contributed by atoms with Gasteiger partial charge < -0.3 is 15.2 Å². The number of anilines is 1. The molecule has 0 aliphatic heterocycles. The summed E-state index contributed by atoms with van der Waals surface area (Å²) in [4.78, 5) is 10.3. The maximum atomic E-state index is 10.9. The normalized spacial score (nSPS) is 12.2. The van der Waals surface area contributed by atoms with E-state index in [4.69, 9.17) is 21.4 Å². The number of ether oxygens (including phenoxy) is 1. The highest BCUT2D eigenvalue weighted by atomic mass is 35.5. The van der Waals surface area contributed by atoms with Crippen molar-refractivity contribution in [3.8, 4) is 0 Å². The summed E-state index contributed by atoms with van der Waals surface area (Å²) in [6.07, 6.45) is 0. The third-order valence-corrected chi connectivity index (χ3v) is 2.42. The second-order valence-electron chi connectivity index (χ2n) is 3.37. The Hall–Kier alpha value is -1.37. The molecule has 0 amide bonds. The second-order valence-corrected chi connectivity index (χ2v) is 3.78. The average molecular weight is 261 g/mol. The van der Waals surface area contributed by atoms with Gasteiger partial charge in [0.05, 0.1) is 24.2 Å². The number of para-hydroxylation sites is 1. The highest BCUT2D eigenvalue weighted by Crippen LogP contribution is 2.32. The van der Waals surface area contributed by atoms with Crippen LogP contribution in [-0.4, -0.2) is 36.4 Å². The molecule has 1 atom stereocenters. The van der Waals surface area contributed by atoms with Crippen molar-refractivity contribution in [2.45, 2.75) is 6.04 Å². The van der Waals surface area contributed by atoms with E-state index in [0.717, 1.165) is 0 Å². The standard InChI is InChI=1S/C10H13ClN2O4/c1-17-6-7(5-14)12-9-4-2-3-8(11)10(9)13(15)16/h2-4,7,12,14H,5-6H2,1H3. The van der Waals surface area contributed by atoms with Gasteiger partial charge in [-0.05, 0) is 12.1 Å². The van der Waals surface area contributed by atoms with Gasteiger partial charge in [0.15, 0.2) is 0 Å². The molecular weight excluding hydrogens is 248 g/mol. The molecule has 1 rings (SSSR count). The quantitative estimate of drug-likeness (QED) is 0.600. The minimum Gasteiger partial charge on any atom is -0.394 e. The van der Waals surface area contributed by atoms with Crippen molar-refractivity contribution in [3.63, 3.8) is 0 Å². The summed E-state index contributed by atoms with van der Waals surface area (Å²) >= 11 is 5.75. The average Bonchev–Trinajstić information content (AvgIpc) is 2.28. The van der Waals surface area contributed by atoms with Crippen molar-refractivity contribution in [2.24, 2.45) is 0 Å². The molecule has 0 aromatic heterocycles. The second kappa shape index (κ2) is 6.39. The largest absolute Gasteiger partial charge is 0.394 e. The number of nitrogens with one attached hydrogen (secondary N) is 1. The van der Waals surface area contributed by atoms with E-state index in [9.17, 15) is 10.1 Å². The molecular formula is C10H13ClN2O4. The van der Waals surface area contributed by atoms with Crippen LogP contribution in [0.15, 0.2) is 18.2 Å². The van der Waals surface area contributed by atoms with Crippen molar-refractivity contribution < 1.29 is 14.8 Å².